The summed E-state index contributed by atoms with van der Waals surface area (Å²) in [5.74, 6) is -1.97. The largest absolute Gasteiger partial charge is 0.462 e. The fourth-order valence-electron chi connectivity index (χ4n) is 4.98. The van der Waals surface area contributed by atoms with Crippen molar-refractivity contribution in [2.24, 2.45) is 11.8 Å². The van der Waals surface area contributed by atoms with E-state index in [1.807, 2.05) is 19.1 Å². The Morgan fingerprint density at radius 1 is 1.33 bits per heavy atom. The van der Waals surface area contributed by atoms with Gasteiger partial charge in [0.2, 0.25) is 11.8 Å². The first-order valence-corrected chi connectivity index (χ1v) is 10.3. The molecule has 7 heteroatoms. The van der Waals surface area contributed by atoms with E-state index in [4.69, 9.17) is 9.47 Å². The van der Waals surface area contributed by atoms with Crippen LogP contribution in [0, 0.1) is 11.8 Å². The SMILES string of the molecule is CCOC(=O)c1c(N2C(=O)[C@H]3[C@@H](C2=O)[C@@]2(C)C=C[C@H]3O2)sc2c1CCCC2. The van der Waals surface area contributed by atoms with Crippen LogP contribution in [-0.4, -0.2) is 36.1 Å². The van der Waals surface area contributed by atoms with Crippen LogP contribution in [0.5, 0.6) is 0 Å². The van der Waals surface area contributed by atoms with Crippen molar-refractivity contribution < 1.29 is 23.9 Å². The van der Waals surface area contributed by atoms with Crippen LogP contribution in [0.2, 0.25) is 0 Å². The van der Waals surface area contributed by atoms with Gasteiger partial charge >= 0.3 is 5.97 Å². The third-order valence-corrected chi connectivity index (χ3v) is 7.44. The standard InChI is InChI=1S/C20H21NO5S/c1-3-25-19(24)13-10-6-4-5-7-12(10)27-18(13)21-16(22)14-11-8-9-20(2,26-11)15(14)17(21)23/h8-9,11,14-15H,3-7H2,1-2H3/t11-,14-,15+,20-/m1/s1. The predicted octanol–water partition coefficient (Wildman–Crippen LogP) is 2.64. The fraction of sp³-hybridized carbons (Fsp3) is 0.550. The lowest BCUT2D eigenvalue weighted by Gasteiger charge is -2.24. The van der Waals surface area contributed by atoms with E-state index in [0.29, 0.717) is 10.6 Å². The fourth-order valence-corrected chi connectivity index (χ4v) is 6.36. The number of thiophene rings is 1. The monoisotopic (exact) mass is 387 g/mol. The highest BCUT2D eigenvalue weighted by Crippen LogP contribution is 2.54. The van der Waals surface area contributed by atoms with Gasteiger partial charge in [-0.1, -0.05) is 12.2 Å². The third-order valence-electron chi connectivity index (χ3n) is 6.16. The highest BCUT2D eigenvalue weighted by molar-refractivity contribution is 7.17. The van der Waals surface area contributed by atoms with Gasteiger partial charge in [-0.05, 0) is 45.1 Å². The molecule has 0 N–H and O–H groups in total. The highest BCUT2D eigenvalue weighted by atomic mass is 32.1. The number of nitrogens with zero attached hydrogens (tertiary/aromatic N) is 1. The Kier molecular flexibility index (Phi) is 3.65. The molecular formula is C20H21NO5S. The minimum Gasteiger partial charge on any atom is -0.462 e. The molecule has 0 unspecified atom stereocenters. The van der Waals surface area contributed by atoms with Gasteiger partial charge in [-0.2, -0.15) is 0 Å². The summed E-state index contributed by atoms with van der Waals surface area (Å²) in [6, 6.07) is 0. The number of hydrogen-bond donors (Lipinski definition) is 0. The first-order chi connectivity index (χ1) is 13.0. The number of anilines is 1. The van der Waals surface area contributed by atoms with Crippen LogP contribution < -0.4 is 4.90 Å². The molecule has 3 aliphatic heterocycles. The van der Waals surface area contributed by atoms with E-state index in [-0.39, 0.29) is 24.5 Å². The lowest BCUT2D eigenvalue weighted by Crippen LogP contribution is -2.38. The second-order valence-corrected chi connectivity index (χ2v) is 8.84. The molecule has 0 saturated carbocycles. The lowest BCUT2D eigenvalue weighted by molar-refractivity contribution is -0.126. The third kappa shape index (κ3) is 2.18. The second-order valence-electron chi connectivity index (χ2n) is 7.75. The Morgan fingerprint density at radius 2 is 2.11 bits per heavy atom. The van der Waals surface area contributed by atoms with Gasteiger partial charge in [-0.25, -0.2) is 9.69 Å². The number of aryl methyl sites for hydroxylation is 1. The number of hydrogen-bond acceptors (Lipinski definition) is 6. The van der Waals surface area contributed by atoms with Crippen LogP contribution >= 0.6 is 11.3 Å². The topological polar surface area (TPSA) is 72.9 Å². The molecular weight excluding hydrogens is 366 g/mol. The van der Waals surface area contributed by atoms with Crippen LogP contribution in [0.25, 0.3) is 0 Å². The van der Waals surface area contributed by atoms with Crippen molar-refractivity contribution in [3.8, 4) is 0 Å². The Balaban J connectivity index is 1.61. The van der Waals surface area contributed by atoms with E-state index in [0.717, 1.165) is 36.1 Å². The maximum atomic E-state index is 13.3. The highest BCUT2D eigenvalue weighted by Gasteiger charge is 2.66. The Bertz CT molecular complexity index is 902. The quantitative estimate of drug-likeness (QED) is 0.453. The van der Waals surface area contributed by atoms with Crippen molar-refractivity contribution >= 4 is 34.1 Å². The molecule has 6 nitrogen and oxygen atoms in total. The average Bonchev–Trinajstić information content (AvgIpc) is 3.34. The molecule has 2 fully saturated rings. The molecule has 5 rings (SSSR count). The second kappa shape index (κ2) is 5.75. The number of imide groups is 1. The van der Waals surface area contributed by atoms with Crippen molar-refractivity contribution in [2.45, 2.75) is 51.2 Å². The summed E-state index contributed by atoms with van der Waals surface area (Å²) in [5.41, 5.74) is 0.642. The molecule has 27 heavy (non-hydrogen) atoms. The van der Waals surface area contributed by atoms with Gasteiger partial charge in [-0.3, -0.25) is 9.59 Å². The normalized spacial score (nSPS) is 33.6. The molecule has 1 aromatic heterocycles. The van der Waals surface area contributed by atoms with Crippen LogP contribution in [0.3, 0.4) is 0 Å². The first-order valence-electron chi connectivity index (χ1n) is 9.53. The summed E-state index contributed by atoms with van der Waals surface area (Å²) < 4.78 is 11.2. The zero-order chi connectivity index (χ0) is 18.9. The number of carbonyl (C=O) groups excluding carboxylic acids is 3. The summed E-state index contributed by atoms with van der Waals surface area (Å²) in [5, 5.41) is 0.452. The summed E-state index contributed by atoms with van der Waals surface area (Å²) in [6.07, 6.45) is 7.12. The van der Waals surface area contributed by atoms with Gasteiger partial charge in [0, 0.05) is 4.88 Å². The van der Waals surface area contributed by atoms with Gasteiger partial charge in [0.1, 0.15) is 5.00 Å². The van der Waals surface area contributed by atoms with Gasteiger partial charge < -0.3 is 9.47 Å². The van der Waals surface area contributed by atoms with Crippen molar-refractivity contribution in [3.63, 3.8) is 0 Å². The van der Waals surface area contributed by atoms with E-state index in [2.05, 4.69) is 0 Å². The first kappa shape index (κ1) is 17.1. The van der Waals surface area contributed by atoms with E-state index in [9.17, 15) is 14.4 Å². The summed E-state index contributed by atoms with van der Waals surface area (Å²) in [6.45, 7) is 3.87. The van der Waals surface area contributed by atoms with Crippen LogP contribution in [0.1, 0.15) is 47.5 Å². The Labute approximate surface area is 161 Å². The molecule has 142 valence electrons. The van der Waals surface area contributed by atoms with Crippen molar-refractivity contribution in [3.05, 3.63) is 28.2 Å². The molecule has 2 amide bonds. The smallest absolute Gasteiger partial charge is 0.341 e. The summed E-state index contributed by atoms with van der Waals surface area (Å²) in [4.78, 5) is 41.6. The van der Waals surface area contributed by atoms with Gasteiger partial charge in [-0.15, -0.1) is 11.3 Å². The number of ether oxygens (including phenoxy) is 2. The van der Waals surface area contributed by atoms with E-state index in [1.54, 1.807) is 6.92 Å². The number of amides is 2. The van der Waals surface area contributed by atoms with Crippen molar-refractivity contribution in [2.75, 3.05) is 11.5 Å². The summed E-state index contributed by atoms with van der Waals surface area (Å²) in [7, 11) is 0. The van der Waals surface area contributed by atoms with E-state index in [1.165, 1.54) is 16.2 Å². The maximum absolute atomic E-state index is 13.3. The molecule has 4 aliphatic rings. The number of esters is 1. The minimum absolute atomic E-state index is 0.257. The zero-order valence-electron chi connectivity index (χ0n) is 15.3. The van der Waals surface area contributed by atoms with Crippen LogP contribution in [0.4, 0.5) is 5.00 Å². The molecule has 1 aliphatic carbocycles. The Hall–Kier alpha value is -1.99. The molecule has 0 aromatic carbocycles. The molecule has 2 saturated heterocycles. The average molecular weight is 387 g/mol. The van der Waals surface area contributed by atoms with Gasteiger partial charge in [0.15, 0.2) is 0 Å². The lowest BCUT2D eigenvalue weighted by atomic mass is 9.78. The zero-order valence-corrected chi connectivity index (χ0v) is 16.1. The van der Waals surface area contributed by atoms with E-state index < -0.39 is 23.4 Å². The molecule has 0 radical (unpaired) electrons. The number of rotatable bonds is 3. The minimum atomic E-state index is -0.738. The molecule has 1 aromatic rings. The van der Waals surface area contributed by atoms with Gasteiger partial charge in [0.25, 0.3) is 0 Å². The molecule has 4 heterocycles. The van der Waals surface area contributed by atoms with Crippen LogP contribution in [0.15, 0.2) is 12.2 Å². The Morgan fingerprint density at radius 3 is 2.85 bits per heavy atom. The molecule has 4 atom stereocenters. The maximum Gasteiger partial charge on any atom is 0.341 e. The number of carbonyl (C=O) groups is 3. The molecule has 2 bridgehead atoms. The van der Waals surface area contributed by atoms with Crippen molar-refractivity contribution in [1.29, 1.82) is 0 Å². The van der Waals surface area contributed by atoms with Crippen molar-refractivity contribution in [1.82, 2.24) is 0 Å². The predicted molar refractivity (Wildman–Crippen MR) is 98.8 cm³/mol. The van der Waals surface area contributed by atoms with Crippen LogP contribution in [-0.2, 0) is 31.9 Å². The molecule has 0 spiro atoms. The van der Waals surface area contributed by atoms with E-state index >= 15 is 0 Å². The van der Waals surface area contributed by atoms with Gasteiger partial charge in [0.05, 0.1) is 35.7 Å². The number of fused-ring (bicyclic) bond motifs is 6. The summed E-state index contributed by atoms with van der Waals surface area (Å²) >= 11 is 1.40.